The van der Waals surface area contributed by atoms with Crippen LogP contribution in [-0.4, -0.2) is 43.0 Å². The third kappa shape index (κ3) is 2.23. The van der Waals surface area contributed by atoms with Gasteiger partial charge in [-0.1, -0.05) is 13.3 Å². The molecule has 2 unspecified atom stereocenters. The van der Waals surface area contributed by atoms with E-state index in [0.717, 1.165) is 32.5 Å². The molecule has 0 N–H and O–H groups in total. The summed E-state index contributed by atoms with van der Waals surface area (Å²) in [4.78, 5) is 15.0. The zero-order chi connectivity index (χ0) is 12.8. The highest BCUT2D eigenvalue weighted by molar-refractivity contribution is 5.82. The number of piperidine rings is 2. The van der Waals surface area contributed by atoms with Crippen molar-refractivity contribution in [2.24, 2.45) is 11.3 Å². The van der Waals surface area contributed by atoms with E-state index in [2.05, 4.69) is 18.9 Å². The van der Waals surface area contributed by atoms with E-state index in [-0.39, 0.29) is 5.41 Å². The monoisotopic (exact) mass is 251 g/mol. The standard InChI is InChI=1S/C15H25NO2/c1-15(9-18-10-15)8-14(17)11-6-12-4-3-5-13(7-11)16(12)2/h11-13H,3-10H2,1-2H3. The lowest BCUT2D eigenvalue weighted by atomic mass is 9.73. The largest absolute Gasteiger partial charge is 0.380 e. The second-order valence-corrected chi connectivity index (χ2v) is 7.02. The van der Waals surface area contributed by atoms with Crippen molar-refractivity contribution in [1.82, 2.24) is 4.90 Å². The second kappa shape index (κ2) is 4.61. The van der Waals surface area contributed by atoms with Crippen molar-refractivity contribution in [2.45, 2.75) is 57.5 Å². The van der Waals surface area contributed by atoms with Crippen molar-refractivity contribution in [3.63, 3.8) is 0 Å². The summed E-state index contributed by atoms with van der Waals surface area (Å²) in [5.41, 5.74) is 0.148. The fourth-order valence-electron chi connectivity index (χ4n) is 4.00. The molecular weight excluding hydrogens is 226 g/mol. The minimum Gasteiger partial charge on any atom is -0.380 e. The van der Waals surface area contributed by atoms with Crippen LogP contribution in [-0.2, 0) is 9.53 Å². The highest BCUT2D eigenvalue weighted by Crippen LogP contribution is 2.39. The van der Waals surface area contributed by atoms with Gasteiger partial charge in [0.2, 0.25) is 0 Å². The number of nitrogens with zero attached hydrogens (tertiary/aromatic N) is 1. The Balaban J connectivity index is 1.61. The van der Waals surface area contributed by atoms with E-state index < -0.39 is 0 Å². The molecule has 3 heterocycles. The van der Waals surface area contributed by atoms with E-state index in [1.807, 2.05) is 0 Å². The van der Waals surface area contributed by atoms with Crippen LogP contribution in [0.2, 0.25) is 0 Å². The number of hydrogen-bond donors (Lipinski definition) is 0. The summed E-state index contributed by atoms with van der Waals surface area (Å²) in [7, 11) is 2.25. The molecule has 3 rings (SSSR count). The number of carbonyl (C=O) groups excluding carboxylic acids is 1. The Morgan fingerprint density at radius 3 is 2.39 bits per heavy atom. The third-order valence-electron chi connectivity index (χ3n) is 5.30. The number of ether oxygens (including phenoxy) is 1. The summed E-state index contributed by atoms with van der Waals surface area (Å²) in [5, 5.41) is 0. The van der Waals surface area contributed by atoms with Crippen LogP contribution in [0.4, 0.5) is 0 Å². The fourth-order valence-corrected chi connectivity index (χ4v) is 4.00. The Labute approximate surface area is 110 Å². The van der Waals surface area contributed by atoms with Crippen molar-refractivity contribution >= 4 is 5.78 Å². The van der Waals surface area contributed by atoms with Gasteiger partial charge in [-0.25, -0.2) is 0 Å². The van der Waals surface area contributed by atoms with Crippen LogP contribution in [0.25, 0.3) is 0 Å². The van der Waals surface area contributed by atoms with Crippen LogP contribution >= 0.6 is 0 Å². The minimum atomic E-state index is 0.148. The van der Waals surface area contributed by atoms with Gasteiger partial charge in [-0.15, -0.1) is 0 Å². The molecular formula is C15H25NO2. The summed E-state index contributed by atoms with van der Waals surface area (Å²) in [6.07, 6.45) is 6.87. The molecule has 3 nitrogen and oxygen atoms in total. The SMILES string of the molecule is CN1C2CCCC1CC(C(=O)CC1(C)COC1)C2. The number of ketones is 1. The molecule has 0 aromatic heterocycles. The molecule has 18 heavy (non-hydrogen) atoms. The van der Waals surface area contributed by atoms with E-state index in [0.29, 0.717) is 23.8 Å². The van der Waals surface area contributed by atoms with Gasteiger partial charge in [0, 0.05) is 29.8 Å². The van der Waals surface area contributed by atoms with Gasteiger partial charge in [0.05, 0.1) is 13.2 Å². The molecule has 0 aromatic rings. The summed E-state index contributed by atoms with van der Waals surface area (Å²) >= 11 is 0. The van der Waals surface area contributed by atoms with Gasteiger partial charge < -0.3 is 9.64 Å². The number of rotatable bonds is 3. The Morgan fingerprint density at radius 2 is 1.89 bits per heavy atom. The maximum absolute atomic E-state index is 12.5. The molecule has 102 valence electrons. The second-order valence-electron chi connectivity index (χ2n) is 7.02. The molecule has 3 fully saturated rings. The van der Waals surface area contributed by atoms with Crippen LogP contribution in [0.5, 0.6) is 0 Å². The Morgan fingerprint density at radius 1 is 1.28 bits per heavy atom. The molecule has 0 aliphatic carbocycles. The van der Waals surface area contributed by atoms with E-state index in [1.165, 1.54) is 19.3 Å². The minimum absolute atomic E-state index is 0.148. The van der Waals surface area contributed by atoms with Crippen molar-refractivity contribution < 1.29 is 9.53 Å². The predicted molar refractivity (Wildman–Crippen MR) is 70.5 cm³/mol. The maximum Gasteiger partial charge on any atom is 0.136 e. The maximum atomic E-state index is 12.5. The molecule has 3 aliphatic heterocycles. The normalized spacial score (nSPS) is 39.1. The van der Waals surface area contributed by atoms with Gasteiger partial charge in [0.25, 0.3) is 0 Å². The van der Waals surface area contributed by atoms with E-state index in [9.17, 15) is 4.79 Å². The van der Waals surface area contributed by atoms with Crippen LogP contribution < -0.4 is 0 Å². The van der Waals surface area contributed by atoms with Gasteiger partial charge in [-0.05, 0) is 32.7 Å². The lowest BCUT2D eigenvalue weighted by molar-refractivity contribution is -0.143. The van der Waals surface area contributed by atoms with Crippen LogP contribution in [0.3, 0.4) is 0 Å². The zero-order valence-corrected chi connectivity index (χ0v) is 11.7. The fraction of sp³-hybridized carbons (Fsp3) is 0.933. The van der Waals surface area contributed by atoms with Gasteiger partial charge >= 0.3 is 0 Å². The Bertz CT molecular complexity index is 323. The number of carbonyl (C=O) groups is 1. The summed E-state index contributed by atoms with van der Waals surface area (Å²) in [6, 6.07) is 1.33. The number of fused-ring (bicyclic) bond motifs is 2. The molecule has 2 bridgehead atoms. The van der Waals surface area contributed by atoms with Crippen LogP contribution in [0, 0.1) is 11.3 Å². The first kappa shape index (κ1) is 12.6. The molecule has 0 aromatic carbocycles. The molecule has 0 amide bonds. The topological polar surface area (TPSA) is 29.5 Å². The Hall–Kier alpha value is -0.410. The van der Waals surface area contributed by atoms with E-state index in [4.69, 9.17) is 4.74 Å². The quantitative estimate of drug-likeness (QED) is 0.770. The molecule has 2 atom stereocenters. The molecule has 0 saturated carbocycles. The summed E-state index contributed by atoms with van der Waals surface area (Å²) in [5.74, 6) is 0.833. The first-order chi connectivity index (χ1) is 8.57. The van der Waals surface area contributed by atoms with E-state index in [1.54, 1.807) is 0 Å². The van der Waals surface area contributed by atoms with Gasteiger partial charge in [0.1, 0.15) is 5.78 Å². The van der Waals surface area contributed by atoms with Crippen molar-refractivity contribution in [2.75, 3.05) is 20.3 Å². The smallest absolute Gasteiger partial charge is 0.136 e. The average Bonchev–Trinajstić information content (AvgIpc) is 2.26. The highest BCUT2D eigenvalue weighted by atomic mass is 16.5. The summed E-state index contributed by atoms with van der Waals surface area (Å²) < 4.78 is 5.26. The van der Waals surface area contributed by atoms with Crippen molar-refractivity contribution in [3.8, 4) is 0 Å². The number of hydrogen-bond acceptors (Lipinski definition) is 3. The van der Waals surface area contributed by atoms with Gasteiger partial charge in [0.15, 0.2) is 0 Å². The molecule has 3 aliphatic rings. The van der Waals surface area contributed by atoms with Crippen molar-refractivity contribution in [1.29, 1.82) is 0 Å². The lowest BCUT2D eigenvalue weighted by Gasteiger charge is -2.47. The van der Waals surface area contributed by atoms with Crippen LogP contribution in [0.1, 0.15) is 45.4 Å². The zero-order valence-electron chi connectivity index (χ0n) is 11.7. The Kier molecular flexibility index (Phi) is 3.23. The molecule has 3 saturated heterocycles. The average molecular weight is 251 g/mol. The van der Waals surface area contributed by atoms with Crippen molar-refractivity contribution in [3.05, 3.63) is 0 Å². The van der Waals surface area contributed by atoms with Crippen LogP contribution in [0.15, 0.2) is 0 Å². The molecule has 0 radical (unpaired) electrons. The van der Waals surface area contributed by atoms with Gasteiger partial charge in [-0.3, -0.25) is 4.79 Å². The first-order valence-electron chi connectivity index (χ1n) is 7.40. The first-order valence-corrected chi connectivity index (χ1v) is 7.40. The molecule has 0 spiro atoms. The lowest BCUT2D eigenvalue weighted by Crippen LogP contribution is -2.52. The van der Waals surface area contributed by atoms with Gasteiger partial charge in [-0.2, -0.15) is 0 Å². The summed E-state index contributed by atoms with van der Waals surface area (Å²) in [6.45, 7) is 3.74. The molecule has 3 heteroatoms. The predicted octanol–water partition coefficient (Wildman–Crippen LogP) is 2.25. The highest BCUT2D eigenvalue weighted by Gasteiger charge is 2.42. The number of Topliss-reactive ketones (excluding diaryl/α,β-unsaturated/α-hetero) is 1. The third-order valence-corrected chi connectivity index (χ3v) is 5.30. The van der Waals surface area contributed by atoms with E-state index >= 15 is 0 Å².